The monoisotopic (exact) mass is 382 g/mol. The summed E-state index contributed by atoms with van der Waals surface area (Å²) in [6, 6.07) is 14.0. The lowest BCUT2D eigenvalue weighted by Crippen LogP contribution is -2.27. The van der Waals surface area contributed by atoms with Crippen molar-refractivity contribution in [3.8, 4) is 11.4 Å². The maximum atomic E-state index is 14.2. The molecule has 8 heteroatoms. The summed E-state index contributed by atoms with van der Waals surface area (Å²) in [7, 11) is 0. The quantitative estimate of drug-likeness (QED) is 0.746. The Balaban J connectivity index is 1.85. The third-order valence-corrected chi connectivity index (χ3v) is 5.33. The molecule has 0 bridgehead atoms. The van der Waals surface area contributed by atoms with Crippen molar-refractivity contribution in [2.45, 2.75) is 23.8 Å². The van der Waals surface area contributed by atoms with Gasteiger partial charge in [0.15, 0.2) is 5.82 Å². The number of carboxylic acids is 1. The Bertz CT molecular complexity index is 1050. The van der Waals surface area contributed by atoms with E-state index in [2.05, 4.69) is 15.3 Å². The second-order valence-electron chi connectivity index (χ2n) is 6.15. The number of carbonyl (C=O) groups is 1. The lowest BCUT2D eigenvalue weighted by atomic mass is 10.0. The third kappa shape index (κ3) is 3.35. The van der Waals surface area contributed by atoms with E-state index in [-0.39, 0.29) is 12.2 Å². The van der Waals surface area contributed by atoms with Crippen molar-refractivity contribution in [1.29, 1.82) is 0 Å². The van der Waals surface area contributed by atoms with E-state index >= 15 is 0 Å². The van der Waals surface area contributed by atoms with Crippen LogP contribution in [0.3, 0.4) is 0 Å². The van der Waals surface area contributed by atoms with Crippen LogP contribution in [0, 0.1) is 12.7 Å². The zero-order chi connectivity index (χ0) is 19.0. The Morgan fingerprint density at radius 1 is 1.19 bits per heavy atom. The molecule has 1 N–H and O–H groups in total. The third-order valence-electron chi connectivity index (χ3n) is 4.19. The molecule has 1 unspecified atom stereocenters. The molecular weight excluding hydrogens is 367 g/mol. The van der Waals surface area contributed by atoms with E-state index in [1.807, 2.05) is 31.2 Å². The Kier molecular flexibility index (Phi) is 4.49. The largest absolute Gasteiger partial charge is 0.481 e. The highest BCUT2D eigenvalue weighted by Crippen LogP contribution is 2.35. The van der Waals surface area contributed by atoms with E-state index < -0.39 is 17.0 Å². The smallest absolute Gasteiger partial charge is 0.304 e. The predicted octanol–water partition coefficient (Wildman–Crippen LogP) is 3.59. The number of aliphatic carboxylic acids is 1. The number of carboxylic acid groups (broad SMARTS) is 1. The van der Waals surface area contributed by atoms with Crippen molar-refractivity contribution >= 4 is 23.4 Å². The Morgan fingerprint density at radius 2 is 1.93 bits per heavy atom. The van der Waals surface area contributed by atoms with Gasteiger partial charge in [-0.2, -0.15) is 9.78 Å². The van der Waals surface area contributed by atoms with Gasteiger partial charge in [-0.05, 0) is 24.6 Å². The molecule has 136 valence electrons. The molecule has 0 spiro atoms. The van der Waals surface area contributed by atoms with E-state index in [1.165, 1.54) is 22.5 Å². The summed E-state index contributed by atoms with van der Waals surface area (Å²) in [6.07, 6.45) is -0.0979. The highest BCUT2D eigenvalue weighted by Gasteiger charge is 2.31. The molecule has 2 aromatic carbocycles. The van der Waals surface area contributed by atoms with Crippen LogP contribution in [0.25, 0.3) is 11.4 Å². The summed E-state index contributed by atoms with van der Waals surface area (Å²) in [4.78, 5) is 11.3. The molecule has 0 aliphatic carbocycles. The lowest BCUT2D eigenvalue weighted by Gasteiger charge is -2.22. The Labute approximate surface area is 158 Å². The van der Waals surface area contributed by atoms with Crippen molar-refractivity contribution in [3.63, 3.8) is 0 Å². The molecule has 27 heavy (non-hydrogen) atoms. The molecular formula is C19H15FN4O2S. The highest BCUT2D eigenvalue weighted by atomic mass is 32.2. The van der Waals surface area contributed by atoms with Crippen molar-refractivity contribution in [2.75, 3.05) is 0 Å². The lowest BCUT2D eigenvalue weighted by molar-refractivity contribution is -0.136. The summed E-state index contributed by atoms with van der Waals surface area (Å²) in [5.74, 6) is -1.05. The second-order valence-corrected chi connectivity index (χ2v) is 7.32. The van der Waals surface area contributed by atoms with E-state index in [1.54, 1.807) is 18.2 Å². The fraction of sp³-hybridized carbons (Fsp3) is 0.158. The predicted molar refractivity (Wildman–Crippen MR) is 100 cm³/mol. The summed E-state index contributed by atoms with van der Waals surface area (Å²) in [5, 5.41) is 22.1. The molecule has 1 aliphatic heterocycles. The standard InChI is InChI=1S/C19H15FN4O2S/c1-11-6-8-12(9-7-11)17-15(10-16(25)26)27-19-22-21-18(24(19)23-17)13-4-2-3-5-14(13)20/h2-9,15H,10H2,1H3,(H,25,26). The highest BCUT2D eigenvalue weighted by molar-refractivity contribution is 8.00. The summed E-state index contributed by atoms with van der Waals surface area (Å²) >= 11 is 1.27. The molecule has 0 amide bonds. The van der Waals surface area contributed by atoms with Crippen LogP contribution >= 0.6 is 11.8 Å². The number of rotatable bonds is 4. The van der Waals surface area contributed by atoms with Crippen molar-refractivity contribution in [1.82, 2.24) is 14.9 Å². The second kappa shape index (κ2) is 6.96. The first-order valence-corrected chi connectivity index (χ1v) is 9.15. The van der Waals surface area contributed by atoms with Gasteiger partial charge in [0.1, 0.15) is 5.82 Å². The molecule has 1 atom stereocenters. The van der Waals surface area contributed by atoms with Gasteiger partial charge in [-0.25, -0.2) is 4.39 Å². The first-order valence-electron chi connectivity index (χ1n) is 8.27. The van der Waals surface area contributed by atoms with Crippen LogP contribution in [0.1, 0.15) is 17.5 Å². The molecule has 0 saturated carbocycles. The maximum Gasteiger partial charge on any atom is 0.304 e. The zero-order valence-electron chi connectivity index (χ0n) is 14.3. The molecule has 0 fully saturated rings. The first kappa shape index (κ1) is 17.4. The summed E-state index contributed by atoms with van der Waals surface area (Å²) in [6.45, 7) is 1.98. The Morgan fingerprint density at radius 3 is 2.63 bits per heavy atom. The molecule has 0 radical (unpaired) electrons. The number of hydrogen-bond acceptors (Lipinski definition) is 5. The van der Waals surface area contributed by atoms with Crippen LogP contribution in [0.4, 0.5) is 4.39 Å². The minimum Gasteiger partial charge on any atom is -0.481 e. The van der Waals surface area contributed by atoms with Gasteiger partial charge in [0.25, 0.3) is 0 Å². The van der Waals surface area contributed by atoms with Gasteiger partial charge in [0.05, 0.1) is 22.9 Å². The van der Waals surface area contributed by atoms with E-state index in [4.69, 9.17) is 0 Å². The molecule has 1 aliphatic rings. The van der Waals surface area contributed by atoms with Gasteiger partial charge in [-0.1, -0.05) is 53.7 Å². The van der Waals surface area contributed by atoms with Crippen LogP contribution in [0.2, 0.25) is 0 Å². The number of halogens is 1. The maximum absolute atomic E-state index is 14.2. The fourth-order valence-corrected chi connectivity index (χ4v) is 3.95. The SMILES string of the molecule is Cc1ccc(C2=Nn3c(nnc3-c3ccccc3F)SC2CC(=O)O)cc1. The van der Waals surface area contributed by atoms with Gasteiger partial charge in [0, 0.05) is 0 Å². The van der Waals surface area contributed by atoms with Gasteiger partial charge in [-0.3, -0.25) is 4.79 Å². The van der Waals surface area contributed by atoms with Gasteiger partial charge in [0.2, 0.25) is 5.16 Å². The molecule has 0 saturated heterocycles. The van der Waals surface area contributed by atoms with Crippen LogP contribution in [-0.2, 0) is 4.79 Å². The van der Waals surface area contributed by atoms with Gasteiger partial charge < -0.3 is 5.11 Å². The normalized spacial score (nSPS) is 15.9. The number of benzene rings is 2. The number of nitrogens with zero attached hydrogens (tertiary/aromatic N) is 4. The number of fused-ring (bicyclic) bond motifs is 1. The summed E-state index contributed by atoms with van der Waals surface area (Å²) < 4.78 is 15.7. The van der Waals surface area contributed by atoms with Crippen molar-refractivity contribution in [2.24, 2.45) is 5.10 Å². The molecule has 4 rings (SSSR count). The van der Waals surface area contributed by atoms with Gasteiger partial charge in [-0.15, -0.1) is 10.2 Å². The van der Waals surface area contributed by atoms with E-state index in [0.29, 0.717) is 16.4 Å². The fourth-order valence-electron chi connectivity index (χ4n) is 2.86. The summed E-state index contributed by atoms with van der Waals surface area (Å²) in [5.41, 5.74) is 2.81. The minimum atomic E-state index is -0.922. The van der Waals surface area contributed by atoms with Crippen LogP contribution in [0.15, 0.2) is 58.8 Å². The first-order chi connectivity index (χ1) is 13.0. The average molecular weight is 382 g/mol. The number of hydrogen-bond donors (Lipinski definition) is 1. The molecule has 2 heterocycles. The van der Waals surface area contributed by atoms with Crippen LogP contribution in [-0.4, -0.2) is 36.9 Å². The van der Waals surface area contributed by atoms with E-state index in [0.717, 1.165) is 11.1 Å². The van der Waals surface area contributed by atoms with Crippen molar-refractivity contribution in [3.05, 3.63) is 65.5 Å². The average Bonchev–Trinajstić information content (AvgIpc) is 3.04. The topological polar surface area (TPSA) is 80.4 Å². The molecule has 3 aromatic rings. The van der Waals surface area contributed by atoms with Crippen LogP contribution in [0.5, 0.6) is 0 Å². The van der Waals surface area contributed by atoms with Gasteiger partial charge >= 0.3 is 5.97 Å². The molecule has 6 nitrogen and oxygen atoms in total. The number of aromatic nitrogens is 3. The minimum absolute atomic E-state index is 0.0979. The Hall–Kier alpha value is -3.00. The van der Waals surface area contributed by atoms with E-state index in [9.17, 15) is 14.3 Å². The number of aryl methyl sites for hydroxylation is 1. The zero-order valence-corrected chi connectivity index (χ0v) is 15.2. The molecule has 1 aromatic heterocycles. The van der Waals surface area contributed by atoms with Crippen molar-refractivity contribution < 1.29 is 14.3 Å². The van der Waals surface area contributed by atoms with Crippen LogP contribution < -0.4 is 0 Å². The number of thioether (sulfide) groups is 1.